The molecule has 1 atom stereocenters. The molecular formula is C29H37N5O4. The summed E-state index contributed by atoms with van der Waals surface area (Å²) >= 11 is 0. The van der Waals surface area contributed by atoms with Gasteiger partial charge in [0.1, 0.15) is 11.5 Å². The van der Waals surface area contributed by atoms with Crippen molar-refractivity contribution in [2.75, 3.05) is 39.7 Å². The molecule has 2 aliphatic rings. The van der Waals surface area contributed by atoms with Crippen LogP contribution in [0.3, 0.4) is 0 Å². The molecular weight excluding hydrogens is 482 g/mol. The van der Waals surface area contributed by atoms with Gasteiger partial charge in [-0.25, -0.2) is 0 Å². The van der Waals surface area contributed by atoms with E-state index in [1.165, 1.54) is 0 Å². The van der Waals surface area contributed by atoms with Crippen molar-refractivity contribution in [3.8, 4) is 11.5 Å². The number of nitrogens with one attached hydrogen (secondary N) is 3. The van der Waals surface area contributed by atoms with Gasteiger partial charge in [0, 0.05) is 43.3 Å². The van der Waals surface area contributed by atoms with Gasteiger partial charge < -0.3 is 25.2 Å². The predicted molar refractivity (Wildman–Crippen MR) is 148 cm³/mol. The maximum absolute atomic E-state index is 13.2. The van der Waals surface area contributed by atoms with Crippen molar-refractivity contribution in [2.24, 2.45) is 0 Å². The van der Waals surface area contributed by atoms with Crippen molar-refractivity contribution in [3.63, 3.8) is 0 Å². The number of pyridine rings is 1. The van der Waals surface area contributed by atoms with Crippen molar-refractivity contribution in [2.45, 2.75) is 50.5 Å². The number of carbonyl (C=O) groups is 1. The number of piperidine rings is 1. The zero-order valence-electron chi connectivity index (χ0n) is 22.3. The molecule has 1 unspecified atom stereocenters. The third-order valence-corrected chi connectivity index (χ3v) is 7.58. The number of hydrogen-bond donors (Lipinski definition) is 4. The van der Waals surface area contributed by atoms with Crippen molar-refractivity contribution in [3.05, 3.63) is 59.3 Å². The summed E-state index contributed by atoms with van der Waals surface area (Å²) in [7, 11) is 5.10. The smallest absolute Gasteiger partial charge is 0.255 e. The quantitative estimate of drug-likeness (QED) is 0.302. The maximum atomic E-state index is 13.2. The molecule has 9 nitrogen and oxygen atoms in total. The first-order valence-corrected chi connectivity index (χ1v) is 13.3. The standard InChI is InChI=1S/C29H37N5O4/c1-30-29(36)34-12-10-19(11-13-34)22-14-23-25(15-26(22)38-3)31-17-24(28(35)33-20-6-7-20)27(23)32-16-18-4-8-21(37-2)9-5-18/h4-5,8-9,14-15,17,19-20,29-30,36H,6-7,10-13,16H2,1-3H3,(H,31,32)(H,33,35). The van der Waals surface area contributed by atoms with Crippen LogP contribution >= 0.6 is 0 Å². The van der Waals surface area contributed by atoms with Crippen LogP contribution in [0.4, 0.5) is 5.69 Å². The summed E-state index contributed by atoms with van der Waals surface area (Å²) < 4.78 is 11.1. The molecule has 3 aromatic rings. The van der Waals surface area contributed by atoms with Gasteiger partial charge in [0.05, 0.1) is 31.0 Å². The van der Waals surface area contributed by atoms with Crippen LogP contribution in [0.25, 0.3) is 10.9 Å². The van der Waals surface area contributed by atoms with E-state index >= 15 is 0 Å². The highest BCUT2D eigenvalue weighted by Gasteiger charge is 2.28. The number of ether oxygens (including phenoxy) is 2. The number of aliphatic hydroxyl groups is 1. The van der Waals surface area contributed by atoms with Gasteiger partial charge in [-0.05, 0) is 68.0 Å². The Bertz CT molecular complexity index is 1270. The topological polar surface area (TPSA) is 108 Å². The lowest BCUT2D eigenvalue weighted by atomic mass is 9.87. The molecule has 4 N–H and O–H groups in total. The number of benzene rings is 2. The lowest BCUT2D eigenvalue weighted by Crippen LogP contribution is -2.47. The van der Waals surface area contributed by atoms with Crippen LogP contribution in [0.15, 0.2) is 42.6 Å². The third kappa shape index (κ3) is 5.70. The first-order chi connectivity index (χ1) is 18.5. The van der Waals surface area contributed by atoms with Gasteiger partial charge in [0.15, 0.2) is 6.35 Å². The Labute approximate surface area is 223 Å². The van der Waals surface area contributed by atoms with Gasteiger partial charge in [-0.3, -0.25) is 20.0 Å². The van der Waals surface area contributed by atoms with E-state index in [0.717, 1.165) is 78.0 Å². The molecule has 0 spiro atoms. The highest BCUT2D eigenvalue weighted by Crippen LogP contribution is 2.39. The molecule has 1 saturated heterocycles. The van der Waals surface area contributed by atoms with Crippen LogP contribution in [-0.2, 0) is 6.54 Å². The van der Waals surface area contributed by atoms with Crippen LogP contribution < -0.4 is 25.4 Å². The monoisotopic (exact) mass is 519 g/mol. The SMILES string of the molecule is CNC(O)N1CCC(c2cc3c(NCc4ccc(OC)cc4)c(C(=O)NC4CC4)cnc3cc2OC)CC1. The molecule has 2 heterocycles. The van der Waals surface area contributed by atoms with E-state index in [9.17, 15) is 9.90 Å². The molecule has 5 rings (SSSR count). The molecule has 2 aromatic carbocycles. The minimum Gasteiger partial charge on any atom is -0.497 e. The summed E-state index contributed by atoms with van der Waals surface area (Å²) in [5.41, 5.74) is 4.27. The second-order valence-corrected chi connectivity index (χ2v) is 10.1. The summed E-state index contributed by atoms with van der Waals surface area (Å²) in [5, 5.41) is 20.6. The molecule has 1 amide bonds. The number of nitrogens with zero attached hydrogens (tertiary/aromatic N) is 2. The van der Waals surface area contributed by atoms with Crippen molar-refractivity contribution < 1.29 is 19.4 Å². The maximum Gasteiger partial charge on any atom is 0.255 e. The second kappa shape index (κ2) is 11.6. The van der Waals surface area contributed by atoms with E-state index in [0.29, 0.717) is 12.1 Å². The fourth-order valence-electron chi connectivity index (χ4n) is 5.16. The third-order valence-electron chi connectivity index (χ3n) is 7.58. The Morgan fingerprint density at radius 1 is 1.11 bits per heavy atom. The number of amides is 1. The van der Waals surface area contributed by atoms with E-state index in [-0.39, 0.29) is 17.9 Å². The first-order valence-electron chi connectivity index (χ1n) is 13.3. The van der Waals surface area contributed by atoms with Crippen LogP contribution in [-0.4, -0.2) is 67.6 Å². The number of carbonyl (C=O) groups excluding carboxylic acids is 1. The Hall–Kier alpha value is -3.40. The number of rotatable bonds is 10. The minimum atomic E-state index is -0.639. The first kappa shape index (κ1) is 26.2. The Kier molecular flexibility index (Phi) is 7.97. The van der Waals surface area contributed by atoms with E-state index < -0.39 is 6.35 Å². The number of hydrogen-bond acceptors (Lipinski definition) is 8. The molecule has 0 bridgehead atoms. The number of anilines is 1. The molecule has 0 radical (unpaired) electrons. The number of methoxy groups -OCH3 is 2. The average molecular weight is 520 g/mol. The molecule has 38 heavy (non-hydrogen) atoms. The molecule has 2 fully saturated rings. The van der Waals surface area contributed by atoms with Crippen LogP contribution in [0.2, 0.25) is 0 Å². The van der Waals surface area contributed by atoms with E-state index in [1.807, 2.05) is 35.2 Å². The zero-order valence-corrected chi connectivity index (χ0v) is 22.3. The molecule has 1 saturated carbocycles. The average Bonchev–Trinajstić information content (AvgIpc) is 3.78. The fraction of sp³-hybridized carbons (Fsp3) is 0.448. The highest BCUT2D eigenvalue weighted by molar-refractivity contribution is 6.07. The van der Waals surface area contributed by atoms with E-state index in [4.69, 9.17) is 9.47 Å². The van der Waals surface area contributed by atoms with Gasteiger partial charge in [0.25, 0.3) is 5.91 Å². The molecule has 202 valence electrons. The van der Waals surface area contributed by atoms with Gasteiger partial charge in [-0.1, -0.05) is 12.1 Å². The highest BCUT2D eigenvalue weighted by atomic mass is 16.5. The van der Waals surface area contributed by atoms with Gasteiger partial charge in [-0.15, -0.1) is 0 Å². The van der Waals surface area contributed by atoms with Crippen molar-refractivity contribution in [1.29, 1.82) is 0 Å². The van der Waals surface area contributed by atoms with Crippen LogP contribution in [0.1, 0.15) is 53.1 Å². The zero-order chi connectivity index (χ0) is 26.6. The van der Waals surface area contributed by atoms with Crippen LogP contribution in [0.5, 0.6) is 11.5 Å². The van der Waals surface area contributed by atoms with Gasteiger partial charge in [-0.2, -0.15) is 0 Å². The van der Waals surface area contributed by atoms with Crippen LogP contribution in [0, 0.1) is 0 Å². The summed E-state index contributed by atoms with van der Waals surface area (Å²) in [6.07, 6.45) is 4.84. The summed E-state index contributed by atoms with van der Waals surface area (Å²) in [5.74, 6) is 1.77. The van der Waals surface area contributed by atoms with Crippen molar-refractivity contribution in [1.82, 2.24) is 20.5 Å². The summed E-state index contributed by atoms with van der Waals surface area (Å²) in [6, 6.07) is 12.3. The molecule has 1 aliphatic heterocycles. The predicted octanol–water partition coefficient (Wildman–Crippen LogP) is 3.43. The largest absolute Gasteiger partial charge is 0.497 e. The van der Waals surface area contributed by atoms with Gasteiger partial charge >= 0.3 is 0 Å². The lowest BCUT2D eigenvalue weighted by molar-refractivity contribution is -0.0297. The number of aliphatic hydroxyl groups excluding tert-OH is 1. The number of likely N-dealkylation sites (tertiary alicyclic amines) is 1. The Morgan fingerprint density at radius 3 is 2.47 bits per heavy atom. The minimum absolute atomic E-state index is 0.106. The molecule has 1 aromatic heterocycles. The fourth-order valence-corrected chi connectivity index (χ4v) is 5.16. The summed E-state index contributed by atoms with van der Waals surface area (Å²) in [4.78, 5) is 19.9. The van der Waals surface area contributed by atoms with Crippen molar-refractivity contribution >= 4 is 22.5 Å². The Balaban J connectivity index is 1.50. The lowest BCUT2D eigenvalue weighted by Gasteiger charge is -2.35. The number of aromatic nitrogens is 1. The number of fused-ring (bicyclic) bond motifs is 1. The van der Waals surface area contributed by atoms with Gasteiger partial charge in [0.2, 0.25) is 0 Å². The normalized spacial score (nSPS) is 17.3. The van der Waals surface area contributed by atoms with E-state index in [1.54, 1.807) is 27.5 Å². The molecule has 1 aliphatic carbocycles. The second-order valence-electron chi connectivity index (χ2n) is 10.1. The Morgan fingerprint density at radius 2 is 1.84 bits per heavy atom. The van der Waals surface area contributed by atoms with E-state index in [2.05, 4.69) is 27.0 Å². The molecule has 9 heteroatoms. The summed E-state index contributed by atoms with van der Waals surface area (Å²) in [6.45, 7) is 2.10.